The standard InChI is InChI=1S/C16H21N5O2/c1-11-4-3-5-15(19-11)21-6-7-23-14(10-21)16-18-9-13(20-16)8-17-12(2)22/h3-5,9,14H,6-8,10H2,1-2H3,(H,17,22)(H,18,20). The highest BCUT2D eigenvalue weighted by molar-refractivity contribution is 5.72. The molecule has 0 spiro atoms. The number of carbonyl (C=O) groups excluding carboxylic acids is 1. The van der Waals surface area contributed by atoms with Crippen molar-refractivity contribution in [3.8, 4) is 0 Å². The highest BCUT2D eigenvalue weighted by Gasteiger charge is 2.25. The van der Waals surface area contributed by atoms with Gasteiger partial charge in [-0.1, -0.05) is 6.07 Å². The Hall–Kier alpha value is -2.41. The second kappa shape index (κ2) is 6.78. The average Bonchev–Trinajstić information content (AvgIpc) is 3.02. The Morgan fingerprint density at radius 3 is 3.17 bits per heavy atom. The maximum Gasteiger partial charge on any atom is 0.217 e. The van der Waals surface area contributed by atoms with Gasteiger partial charge >= 0.3 is 0 Å². The molecule has 1 atom stereocenters. The summed E-state index contributed by atoms with van der Waals surface area (Å²) < 4.78 is 5.83. The third kappa shape index (κ3) is 3.87. The summed E-state index contributed by atoms with van der Waals surface area (Å²) in [5.41, 5.74) is 1.87. The zero-order valence-electron chi connectivity index (χ0n) is 13.4. The average molecular weight is 315 g/mol. The number of anilines is 1. The molecular formula is C16H21N5O2. The highest BCUT2D eigenvalue weighted by Crippen LogP contribution is 2.23. The molecule has 0 aliphatic carbocycles. The van der Waals surface area contributed by atoms with Crippen molar-refractivity contribution in [2.24, 2.45) is 0 Å². The molecule has 7 heteroatoms. The van der Waals surface area contributed by atoms with E-state index in [1.807, 2.05) is 25.1 Å². The number of morpholine rings is 1. The van der Waals surface area contributed by atoms with Crippen LogP contribution in [-0.4, -0.2) is 40.6 Å². The van der Waals surface area contributed by atoms with E-state index in [1.165, 1.54) is 6.92 Å². The van der Waals surface area contributed by atoms with Crippen molar-refractivity contribution in [1.82, 2.24) is 20.3 Å². The van der Waals surface area contributed by atoms with Gasteiger partial charge in [-0.2, -0.15) is 0 Å². The van der Waals surface area contributed by atoms with Crippen LogP contribution in [0.25, 0.3) is 0 Å². The summed E-state index contributed by atoms with van der Waals surface area (Å²) in [4.78, 5) is 25.4. The molecule has 3 heterocycles. The Balaban J connectivity index is 1.67. The fourth-order valence-electron chi connectivity index (χ4n) is 2.58. The van der Waals surface area contributed by atoms with Gasteiger partial charge in [0.25, 0.3) is 0 Å². The van der Waals surface area contributed by atoms with E-state index in [2.05, 4.69) is 25.2 Å². The summed E-state index contributed by atoms with van der Waals surface area (Å²) in [6.07, 6.45) is 1.61. The van der Waals surface area contributed by atoms with Gasteiger partial charge < -0.3 is 19.9 Å². The maximum atomic E-state index is 11.0. The number of aromatic amines is 1. The summed E-state index contributed by atoms with van der Waals surface area (Å²) in [6.45, 7) is 6.06. The lowest BCUT2D eigenvalue weighted by Gasteiger charge is -2.33. The second-order valence-corrected chi connectivity index (χ2v) is 5.65. The van der Waals surface area contributed by atoms with Crippen LogP contribution in [0.4, 0.5) is 5.82 Å². The Morgan fingerprint density at radius 2 is 2.39 bits per heavy atom. The number of aromatic nitrogens is 3. The van der Waals surface area contributed by atoms with E-state index in [1.54, 1.807) is 6.20 Å². The van der Waals surface area contributed by atoms with Crippen molar-refractivity contribution in [3.05, 3.63) is 41.6 Å². The normalized spacial score (nSPS) is 18.0. The fourth-order valence-corrected chi connectivity index (χ4v) is 2.58. The lowest BCUT2D eigenvalue weighted by Crippen LogP contribution is -2.39. The molecule has 122 valence electrons. The summed E-state index contributed by atoms with van der Waals surface area (Å²) in [6, 6.07) is 6.02. The molecule has 3 rings (SSSR count). The van der Waals surface area contributed by atoms with E-state index in [9.17, 15) is 4.79 Å². The van der Waals surface area contributed by atoms with Gasteiger partial charge in [0.1, 0.15) is 17.7 Å². The maximum absolute atomic E-state index is 11.0. The van der Waals surface area contributed by atoms with E-state index in [4.69, 9.17) is 4.74 Å². The van der Waals surface area contributed by atoms with Gasteiger partial charge in [-0.15, -0.1) is 0 Å². The van der Waals surface area contributed by atoms with Crippen LogP contribution < -0.4 is 10.2 Å². The van der Waals surface area contributed by atoms with Crippen molar-refractivity contribution in [2.75, 3.05) is 24.6 Å². The Kier molecular flexibility index (Phi) is 4.57. The number of imidazole rings is 1. The lowest BCUT2D eigenvalue weighted by molar-refractivity contribution is -0.119. The summed E-state index contributed by atoms with van der Waals surface area (Å²) >= 11 is 0. The number of carbonyl (C=O) groups is 1. The van der Waals surface area contributed by atoms with Gasteiger partial charge in [-0.25, -0.2) is 9.97 Å². The number of nitrogens with one attached hydrogen (secondary N) is 2. The molecule has 1 saturated heterocycles. The van der Waals surface area contributed by atoms with Gasteiger partial charge in [-0.05, 0) is 19.1 Å². The van der Waals surface area contributed by atoms with E-state index >= 15 is 0 Å². The third-order valence-corrected chi connectivity index (χ3v) is 3.74. The minimum absolute atomic E-state index is 0.0632. The molecule has 1 amide bonds. The Labute approximate surface area is 135 Å². The van der Waals surface area contributed by atoms with Crippen molar-refractivity contribution in [1.29, 1.82) is 0 Å². The number of nitrogens with zero attached hydrogens (tertiary/aromatic N) is 3. The van der Waals surface area contributed by atoms with Gasteiger partial charge in [0, 0.05) is 19.2 Å². The Bertz CT molecular complexity index is 685. The summed E-state index contributed by atoms with van der Waals surface area (Å²) in [7, 11) is 0. The fraction of sp³-hybridized carbons (Fsp3) is 0.438. The van der Waals surface area contributed by atoms with Crippen LogP contribution >= 0.6 is 0 Å². The number of rotatable bonds is 4. The van der Waals surface area contributed by atoms with Crippen LogP contribution in [0.3, 0.4) is 0 Å². The molecular weight excluding hydrogens is 294 g/mol. The SMILES string of the molecule is CC(=O)NCc1cnc(C2CN(c3cccc(C)n3)CCO2)[nH]1. The van der Waals surface area contributed by atoms with Crippen LogP contribution in [-0.2, 0) is 16.1 Å². The predicted molar refractivity (Wildman–Crippen MR) is 86.0 cm³/mol. The van der Waals surface area contributed by atoms with E-state index < -0.39 is 0 Å². The third-order valence-electron chi connectivity index (χ3n) is 3.74. The van der Waals surface area contributed by atoms with Crippen LogP contribution in [0.5, 0.6) is 0 Å². The molecule has 0 radical (unpaired) electrons. The van der Waals surface area contributed by atoms with Gasteiger partial charge in [-0.3, -0.25) is 4.79 Å². The molecule has 2 N–H and O–H groups in total. The number of hydrogen-bond donors (Lipinski definition) is 2. The molecule has 1 fully saturated rings. The van der Waals surface area contributed by atoms with E-state index in [0.29, 0.717) is 19.7 Å². The smallest absolute Gasteiger partial charge is 0.217 e. The number of amides is 1. The molecule has 0 aromatic carbocycles. The molecule has 2 aromatic heterocycles. The molecule has 23 heavy (non-hydrogen) atoms. The van der Waals surface area contributed by atoms with Crippen molar-refractivity contribution in [2.45, 2.75) is 26.5 Å². The molecule has 7 nitrogen and oxygen atoms in total. The first-order valence-electron chi connectivity index (χ1n) is 7.70. The van der Waals surface area contributed by atoms with Crippen LogP contribution in [0, 0.1) is 6.92 Å². The number of hydrogen-bond acceptors (Lipinski definition) is 5. The topological polar surface area (TPSA) is 83.1 Å². The minimum Gasteiger partial charge on any atom is -0.367 e. The molecule has 1 unspecified atom stereocenters. The largest absolute Gasteiger partial charge is 0.367 e. The highest BCUT2D eigenvalue weighted by atomic mass is 16.5. The van der Waals surface area contributed by atoms with Gasteiger partial charge in [0.15, 0.2) is 0 Å². The second-order valence-electron chi connectivity index (χ2n) is 5.65. The number of ether oxygens (including phenoxy) is 1. The lowest BCUT2D eigenvalue weighted by atomic mass is 10.2. The number of H-pyrrole nitrogens is 1. The van der Waals surface area contributed by atoms with Gasteiger partial charge in [0.05, 0.1) is 31.6 Å². The molecule has 0 saturated carbocycles. The predicted octanol–water partition coefficient (Wildman–Crippen LogP) is 1.33. The van der Waals surface area contributed by atoms with Crippen LogP contribution in [0.15, 0.2) is 24.4 Å². The van der Waals surface area contributed by atoms with Crippen molar-refractivity contribution >= 4 is 11.7 Å². The van der Waals surface area contributed by atoms with Crippen LogP contribution in [0.1, 0.15) is 30.2 Å². The summed E-state index contributed by atoms with van der Waals surface area (Å²) in [5.74, 6) is 1.68. The first-order valence-corrected chi connectivity index (χ1v) is 7.70. The zero-order valence-corrected chi connectivity index (χ0v) is 13.4. The Morgan fingerprint density at radius 1 is 1.52 bits per heavy atom. The van der Waals surface area contributed by atoms with E-state index in [-0.39, 0.29) is 12.0 Å². The van der Waals surface area contributed by atoms with Crippen molar-refractivity contribution in [3.63, 3.8) is 0 Å². The van der Waals surface area contributed by atoms with Crippen molar-refractivity contribution < 1.29 is 9.53 Å². The molecule has 1 aliphatic heterocycles. The molecule has 2 aromatic rings. The van der Waals surface area contributed by atoms with Crippen LogP contribution in [0.2, 0.25) is 0 Å². The summed E-state index contributed by atoms with van der Waals surface area (Å²) in [5, 5.41) is 2.75. The van der Waals surface area contributed by atoms with Gasteiger partial charge in [0.2, 0.25) is 5.91 Å². The zero-order chi connectivity index (χ0) is 16.2. The molecule has 0 bridgehead atoms. The molecule has 1 aliphatic rings. The first kappa shape index (κ1) is 15.5. The number of aryl methyl sites for hydroxylation is 1. The number of pyridine rings is 1. The monoisotopic (exact) mass is 315 g/mol. The van der Waals surface area contributed by atoms with E-state index in [0.717, 1.165) is 29.6 Å². The minimum atomic E-state index is -0.128. The first-order chi connectivity index (χ1) is 11.1. The quantitative estimate of drug-likeness (QED) is 0.889.